The van der Waals surface area contributed by atoms with Crippen LogP contribution in [-0.2, 0) is 20.9 Å². The van der Waals surface area contributed by atoms with Gasteiger partial charge in [-0.2, -0.15) is 0 Å². The van der Waals surface area contributed by atoms with Crippen molar-refractivity contribution in [1.29, 1.82) is 0 Å². The van der Waals surface area contributed by atoms with Crippen LogP contribution >= 0.6 is 0 Å². The minimum atomic E-state index is -0.409. The van der Waals surface area contributed by atoms with E-state index >= 15 is 0 Å². The number of rotatable bonds is 7. The molecule has 2 aromatic carbocycles. The first kappa shape index (κ1) is 16.0. The minimum absolute atomic E-state index is 0.119. The summed E-state index contributed by atoms with van der Waals surface area (Å²) in [6.45, 7) is 0.0618. The fourth-order valence-electron chi connectivity index (χ4n) is 2.37. The molecule has 0 unspecified atom stereocenters. The van der Waals surface area contributed by atoms with Crippen LogP contribution in [0, 0.1) is 0 Å². The van der Waals surface area contributed by atoms with Gasteiger partial charge >= 0.3 is 5.97 Å². The molecule has 0 saturated heterocycles. The van der Waals surface area contributed by atoms with Crippen molar-refractivity contribution in [1.82, 2.24) is 0 Å². The second-order valence-corrected chi connectivity index (χ2v) is 5.30. The Kier molecular flexibility index (Phi) is 5.43. The van der Waals surface area contributed by atoms with Gasteiger partial charge in [-0.25, -0.2) is 4.79 Å². The molecule has 1 heterocycles. The van der Waals surface area contributed by atoms with Crippen molar-refractivity contribution in [2.75, 3.05) is 6.61 Å². The molecule has 24 heavy (non-hydrogen) atoms. The fraction of sp³-hybridized carbons (Fsp3) is 0.150. The number of hydrogen-bond acceptors (Lipinski definition) is 4. The molecule has 4 heteroatoms. The molecule has 0 radical (unpaired) electrons. The van der Waals surface area contributed by atoms with Crippen molar-refractivity contribution in [3.63, 3.8) is 0 Å². The summed E-state index contributed by atoms with van der Waals surface area (Å²) in [6, 6.07) is 21.4. The van der Waals surface area contributed by atoms with E-state index in [1.807, 2.05) is 60.7 Å². The second-order valence-electron chi connectivity index (χ2n) is 5.30. The van der Waals surface area contributed by atoms with Crippen LogP contribution < -0.4 is 0 Å². The lowest BCUT2D eigenvalue weighted by atomic mass is 10.0. The van der Waals surface area contributed by atoms with E-state index in [4.69, 9.17) is 13.9 Å². The van der Waals surface area contributed by atoms with Gasteiger partial charge in [0, 0.05) is 5.56 Å². The lowest BCUT2D eigenvalue weighted by Gasteiger charge is -2.18. The molecular weight excluding hydrogens is 304 g/mol. The average molecular weight is 322 g/mol. The zero-order valence-electron chi connectivity index (χ0n) is 13.1. The minimum Gasteiger partial charge on any atom is -0.472 e. The first-order valence-electron chi connectivity index (χ1n) is 7.71. The molecule has 4 nitrogen and oxygen atoms in total. The highest BCUT2D eigenvalue weighted by molar-refractivity contribution is 5.70. The van der Waals surface area contributed by atoms with Gasteiger partial charge in [0.25, 0.3) is 0 Å². The number of carbonyl (C=O) groups is 1. The van der Waals surface area contributed by atoms with Crippen LogP contribution in [0.5, 0.6) is 0 Å². The van der Waals surface area contributed by atoms with Gasteiger partial charge in [-0.15, -0.1) is 0 Å². The van der Waals surface area contributed by atoms with Crippen molar-refractivity contribution in [3.8, 4) is 0 Å². The molecule has 3 rings (SSSR count). The van der Waals surface area contributed by atoms with Crippen molar-refractivity contribution in [2.24, 2.45) is 0 Å². The average Bonchev–Trinajstić information content (AvgIpc) is 3.16. The molecule has 0 N–H and O–H groups in total. The molecule has 0 bridgehead atoms. The molecular formula is C20H18O4. The van der Waals surface area contributed by atoms with E-state index in [2.05, 4.69) is 0 Å². The number of hydrogen-bond donors (Lipinski definition) is 0. The zero-order chi connectivity index (χ0) is 16.6. The van der Waals surface area contributed by atoms with Gasteiger partial charge < -0.3 is 13.9 Å². The smallest absolute Gasteiger partial charge is 0.332 e. The Hall–Kier alpha value is -2.85. The Morgan fingerprint density at radius 3 is 2.08 bits per heavy atom. The summed E-state index contributed by atoms with van der Waals surface area (Å²) in [4.78, 5) is 11.9. The summed E-state index contributed by atoms with van der Waals surface area (Å²) in [5, 5.41) is 0. The van der Waals surface area contributed by atoms with Crippen LogP contribution in [0.2, 0.25) is 0 Å². The predicted octanol–water partition coefficient (Wildman–Crippen LogP) is 4.13. The molecule has 0 aliphatic heterocycles. The summed E-state index contributed by atoms with van der Waals surface area (Å²) < 4.78 is 16.0. The van der Waals surface area contributed by atoms with Gasteiger partial charge in [-0.05, 0) is 17.2 Å². The Balaban J connectivity index is 1.63. The largest absolute Gasteiger partial charge is 0.472 e. The Labute approximate surface area is 140 Å². The third kappa shape index (κ3) is 4.33. The van der Waals surface area contributed by atoms with E-state index in [-0.39, 0.29) is 19.3 Å². The van der Waals surface area contributed by atoms with E-state index in [1.165, 1.54) is 0 Å². The Morgan fingerprint density at radius 2 is 1.54 bits per heavy atom. The van der Waals surface area contributed by atoms with Crippen molar-refractivity contribution < 1.29 is 18.7 Å². The van der Waals surface area contributed by atoms with Crippen LogP contribution in [0.4, 0.5) is 0 Å². The third-order valence-electron chi connectivity index (χ3n) is 3.55. The first-order chi connectivity index (χ1) is 11.8. The van der Waals surface area contributed by atoms with E-state index in [1.54, 1.807) is 18.6 Å². The van der Waals surface area contributed by atoms with Gasteiger partial charge in [-0.3, -0.25) is 0 Å². The van der Waals surface area contributed by atoms with Crippen LogP contribution in [0.15, 0.2) is 83.7 Å². The van der Waals surface area contributed by atoms with E-state index in [0.717, 1.165) is 16.7 Å². The second kappa shape index (κ2) is 8.13. The summed E-state index contributed by atoms with van der Waals surface area (Å²) in [6.07, 6.45) is 2.78. The number of carbonyl (C=O) groups excluding carboxylic acids is 1. The highest BCUT2D eigenvalue weighted by Gasteiger charge is 2.16. The van der Waals surface area contributed by atoms with Crippen LogP contribution in [0.1, 0.15) is 22.8 Å². The molecule has 0 atom stereocenters. The van der Waals surface area contributed by atoms with E-state index in [9.17, 15) is 4.79 Å². The standard InChI is InChI=1S/C20H18O4/c21-19(23-14-16-11-12-22-13-16)15-24-20(17-7-3-1-4-8-17)18-9-5-2-6-10-18/h1-13,20H,14-15H2. The van der Waals surface area contributed by atoms with Gasteiger partial charge in [-0.1, -0.05) is 60.7 Å². The molecule has 122 valence electrons. The Bertz CT molecular complexity index is 696. The molecule has 0 saturated carbocycles. The summed E-state index contributed by atoms with van der Waals surface area (Å²) in [5.41, 5.74) is 2.80. The fourth-order valence-corrected chi connectivity index (χ4v) is 2.37. The number of esters is 1. The van der Waals surface area contributed by atoms with Gasteiger partial charge in [0.1, 0.15) is 19.3 Å². The van der Waals surface area contributed by atoms with Crippen LogP contribution in [0.25, 0.3) is 0 Å². The maximum Gasteiger partial charge on any atom is 0.332 e. The molecule has 3 aromatic rings. The lowest BCUT2D eigenvalue weighted by molar-refractivity contribution is -0.151. The van der Waals surface area contributed by atoms with Gasteiger partial charge in [0.05, 0.1) is 12.5 Å². The third-order valence-corrected chi connectivity index (χ3v) is 3.55. The van der Waals surface area contributed by atoms with Crippen LogP contribution in [0.3, 0.4) is 0 Å². The zero-order valence-corrected chi connectivity index (χ0v) is 13.1. The van der Waals surface area contributed by atoms with Crippen molar-refractivity contribution >= 4 is 5.97 Å². The molecule has 0 amide bonds. The van der Waals surface area contributed by atoms with E-state index < -0.39 is 5.97 Å². The van der Waals surface area contributed by atoms with Gasteiger partial charge in [0.2, 0.25) is 0 Å². The topological polar surface area (TPSA) is 48.7 Å². The Morgan fingerprint density at radius 1 is 0.917 bits per heavy atom. The van der Waals surface area contributed by atoms with Gasteiger partial charge in [0.15, 0.2) is 0 Å². The number of benzene rings is 2. The maximum atomic E-state index is 11.9. The van der Waals surface area contributed by atoms with Crippen molar-refractivity contribution in [2.45, 2.75) is 12.7 Å². The van der Waals surface area contributed by atoms with Crippen molar-refractivity contribution in [3.05, 3.63) is 95.9 Å². The monoisotopic (exact) mass is 322 g/mol. The normalized spacial score (nSPS) is 10.7. The summed E-state index contributed by atoms with van der Waals surface area (Å²) in [7, 11) is 0. The highest BCUT2D eigenvalue weighted by Crippen LogP contribution is 2.25. The predicted molar refractivity (Wildman–Crippen MR) is 89.2 cm³/mol. The van der Waals surface area contributed by atoms with E-state index in [0.29, 0.717) is 0 Å². The molecule has 1 aromatic heterocycles. The maximum absolute atomic E-state index is 11.9. The highest BCUT2D eigenvalue weighted by atomic mass is 16.6. The first-order valence-corrected chi connectivity index (χ1v) is 7.71. The van der Waals surface area contributed by atoms with Crippen LogP contribution in [-0.4, -0.2) is 12.6 Å². The summed E-state index contributed by atoms with van der Waals surface area (Å²) in [5.74, 6) is -0.409. The number of ether oxygens (including phenoxy) is 2. The quantitative estimate of drug-likeness (QED) is 0.614. The molecule has 0 aliphatic rings. The molecule has 0 spiro atoms. The SMILES string of the molecule is O=C(COC(c1ccccc1)c1ccccc1)OCc1ccoc1. The molecule has 0 fully saturated rings. The molecule has 0 aliphatic carbocycles. The lowest BCUT2D eigenvalue weighted by Crippen LogP contribution is -2.16. The number of furan rings is 1. The summed E-state index contributed by atoms with van der Waals surface area (Å²) >= 11 is 0.